The summed E-state index contributed by atoms with van der Waals surface area (Å²) in [4.78, 5) is 0. The van der Waals surface area contributed by atoms with Crippen molar-refractivity contribution in [3.05, 3.63) is 0 Å². The van der Waals surface area contributed by atoms with Crippen molar-refractivity contribution in [3.63, 3.8) is 0 Å². The molecule has 0 aliphatic carbocycles. The van der Waals surface area contributed by atoms with Crippen LogP contribution in [-0.4, -0.2) is 24.5 Å². The van der Waals surface area contributed by atoms with Crippen molar-refractivity contribution in [1.82, 2.24) is 10.6 Å². The Hall–Kier alpha value is -0.120. The molecule has 0 aromatic heterocycles. The van der Waals surface area contributed by atoms with Crippen molar-refractivity contribution < 1.29 is 5.11 Å². The van der Waals surface area contributed by atoms with Crippen LogP contribution in [0.1, 0.15) is 6.92 Å². The van der Waals surface area contributed by atoms with Crippen LogP contribution in [0.3, 0.4) is 0 Å². The Bertz CT molecular complexity index is 58.8. The van der Waals surface area contributed by atoms with Gasteiger partial charge < -0.3 is 5.11 Å². The third-order valence-corrected chi connectivity index (χ3v) is 1.32. The van der Waals surface area contributed by atoms with Gasteiger partial charge in [-0.05, 0) is 5.92 Å². The van der Waals surface area contributed by atoms with E-state index >= 15 is 0 Å². The van der Waals surface area contributed by atoms with Crippen LogP contribution in [0.4, 0.5) is 0 Å². The molecule has 3 heteroatoms. The van der Waals surface area contributed by atoms with E-state index in [-0.39, 0.29) is 0 Å². The summed E-state index contributed by atoms with van der Waals surface area (Å²) in [6.07, 6.45) is -0.480. The van der Waals surface area contributed by atoms with E-state index in [0.29, 0.717) is 5.92 Å². The molecule has 48 valence electrons. The molecule has 1 aliphatic rings. The van der Waals surface area contributed by atoms with Crippen molar-refractivity contribution in [3.8, 4) is 0 Å². The highest BCUT2D eigenvalue weighted by atomic mass is 16.3. The van der Waals surface area contributed by atoms with Crippen molar-refractivity contribution in [2.24, 2.45) is 5.92 Å². The van der Waals surface area contributed by atoms with Crippen molar-refractivity contribution in [2.45, 2.75) is 13.3 Å². The fraction of sp³-hybridized carbons (Fsp3) is 1.00. The first-order valence-corrected chi connectivity index (χ1v) is 2.94. The van der Waals surface area contributed by atoms with E-state index in [4.69, 9.17) is 5.11 Å². The fourth-order valence-electron chi connectivity index (χ4n) is 0.770. The zero-order chi connectivity index (χ0) is 5.98. The Morgan fingerprint density at radius 2 is 1.88 bits per heavy atom. The highest BCUT2D eigenvalue weighted by molar-refractivity contribution is 4.67. The molecule has 1 rings (SSSR count). The first kappa shape index (κ1) is 6.01. The molecule has 1 heterocycles. The molecule has 8 heavy (non-hydrogen) atoms. The summed E-state index contributed by atoms with van der Waals surface area (Å²) in [6, 6.07) is 0. The molecule has 3 N–H and O–H groups in total. The average Bonchev–Trinajstić information content (AvgIpc) is 1.77. The summed E-state index contributed by atoms with van der Waals surface area (Å²) in [7, 11) is 0. The fourth-order valence-corrected chi connectivity index (χ4v) is 0.770. The molecule has 0 spiro atoms. The van der Waals surface area contributed by atoms with Crippen LogP contribution in [0.15, 0.2) is 0 Å². The van der Waals surface area contributed by atoms with Crippen LogP contribution in [0, 0.1) is 5.92 Å². The zero-order valence-corrected chi connectivity index (χ0v) is 5.02. The summed E-state index contributed by atoms with van der Waals surface area (Å²) in [5.74, 6) is 0.637. The molecule has 0 saturated carbocycles. The number of rotatable bonds is 0. The lowest BCUT2D eigenvalue weighted by molar-refractivity contribution is 0.0713. The summed E-state index contributed by atoms with van der Waals surface area (Å²) < 4.78 is 0. The van der Waals surface area contributed by atoms with Crippen molar-refractivity contribution >= 4 is 0 Å². The number of hydrogen-bond donors (Lipinski definition) is 3. The highest BCUT2D eigenvalue weighted by Crippen LogP contribution is 1.94. The molecule has 0 amide bonds. The van der Waals surface area contributed by atoms with E-state index < -0.39 is 6.35 Å². The first-order valence-electron chi connectivity index (χ1n) is 2.94. The van der Waals surface area contributed by atoms with Gasteiger partial charge in [0.05, 0.1) is 0 Å². The molecule has 1 fully saturated rings. The van der Waals surface area contributed by atoms with Gasteiger partial charge >= 0.3 is 0 Å². The normalized spacial score (nSPS) is 39.8. The van der Waals surface area contributed by atoms with Gasteiger partial charge in [-0.25, -0.2) is 0 Å². The van der Waals surface area contributed by atoms with E-state index in [2.05, 4.69) is 17.6 Å². The molecular weight excluding hydrogens is 104 g/mol. The minimum Gasteiger partial charge on any atom is -0.365 e. The topological polar surface area (TPSA) is 44.3 Å². The Kier molecular flexibility index (Phi) is 1.83. The standard InChI is InChI=1S/C5H12N2O/c1-4-2-6-5(8)7-3-4/h4-8H,2-3H2,1H3. The van der Waals surface area contributed by atoms with Gasteiger partial charge in [-0.3, -0.25) is 10.6 Å². The van der Waals surface area contributed by atoms with Crippen molar-refractivity contribution in [2.75, 3.05) is 13.1 Å². The summed E-state index contributed by atoms with van der Waals surface area (Å²) in [5, 5.41) is 14.6. The lowest BCUT2D eigenvalue weighted by Gasteiger charge is -2.24. The smallest absolute Gasteiger partial charge is 0.160 e. The quantitative estimate of drug-likeness (QED) is 0.384. The van der Waals surface area contributed by atoms with Crippen LogP contribution < -0.4 is 10.6 Å². The molecule has 0 unspecified atom stereocenters. The van der Waals surface area contributed by atoms with Crippen molar-refractivity contribution in [1.29, 1.82) is 0 Å². The Morgan fingerprint density at radius 3 is 2.25 bits per heavy atom. The third kappa shape index (κ3) is 1.43. The summed E-state index contributed by atoms with van der Waals surface area (Å²) in [5.41, 5.74) is 0. The van der Waals surface area contributed by atoms with Gasteiger partial charge in [-0.1, -0.05) is 6.92 Å². The molecule has 3 nitrogen and oxygen atoms in total. The first-order chi connectivity index (χ1) is 3.79. The molecule has 0 radical (unpaired) electrons. The molecule has 1 saturated heterocycles. The monoisotopic (exact) mass is 116 g/mol. The van der Waals surface area contributed by atoms with Gasteiger partial charge in [0.2, 0.25) is 0 Å². The van der Waals surface area contributed by atoms with Gasteiger partial charge in [-0.2, -0.15) is 0 Å². The predicted molar refractivity (Wildman–Crippen MR) is 31.2 cm³/mol. The average molecular weight is 116 g/mol. The van der Waals surface area contributed by atoms with E-state index in [1.807, 2.05) is 0 Å². The minimum atomic E-state index is -0.480. The molecule has 0 bridgehead atoms. The lowest BCUT2D eigenvalue weighted by Crippen LogP contribution is -2.51. The summed E-state index contributed by atoms with van der Waals surface area (Å²) in [6.45, 7) is 3.95. The largest absolute Gasteiger partial charge is 0.365 e. The highest BCUT2D eigenvalue weighted by Gasteiger charge is 2.12. The number of aliphatic hydroxyl groups excluding tert-OH is 1. The van der Waals surface area contributed by atoms with E-state index in [1.165, 1.54) is 0 Å². The second-order valence-corrected chi connectivity index (χ2v) is 2.32. The zero-order valence-electron chi connectivity index (χ0n) is 5.02. The van der Waals surface area contributed by atoms with Gasteiger partial charge in [0.1, 0.15) is 0 Å². The molecule has 0 aromatic rings. The van der Waals surface area contributed by atoms with E-state index in [1.54, 1.807) is 0 Å². The molecular formula is C5H12N2O. The van der Waals surface area contributed by atoms with Gasteiger partial charge in [0.25, 0.3) is 0 Å². The van der Waals surface area contributed by atoms with Crippen LogP contribution in [-0.2, 0) is 0 Å². The van der Waals surface area contributed by atoms with Gasteiger partial charge in [0.15, 0.2) is 6.35 Å². The Labute approximate surface area is 49.1 Å². The molecule has 0 aromatic carbocycles. The maximum absolute atomic E-state index is 8.80. The Morgan fingerprint density at radius 1 is 1.38 bits per heavy atom. The Balaban J connectivity index is 2.19. The molecule has 0 atom stereocenters. The maximum atomic E-state index is 8.80. The van der Waals surface area contributed by atoms with Crippen LogP contribution in [0.25, 0.3) is 0 Å². The SMILES string of the molecule is CC1CNC(O)NC1. The van der Waals surface area contributed by atoms with Crippen LogP contribution >= 0.6 is 0 Å². The number of hydrogen-bond acceptors (Lipinski definition) is 3. The predicted octanol–water partition coefficient (Wildman–Crippen LogP) is -0.909. The third-order valence-electron chi connectivity index (χ3n) is 1.32. The summed E-state index contributed by atoms with van der Waals surface area (Å²) >= 11 is 0. The lowest BCUT2D eigenvalue weighted by atomic mass is 10.1. The number of nitrogens with one attached hydrogen (secondary N) is 2. The van der Waals surface area contributed by atoms with Crippen LogP contribution in [0.2, 0.25) is 0 Å². The molecule has 1 aliphatic heterocycles. The van der Waals surface area contributed by atoms with E-state index in [9.17, 15) is 0 Å². The second kappa shape index (κ2) is 2.44. The second-order valence-electron chi connectivity index (χ2n) is 2.32. The van der Waals surface area contributed by atoms with E-state index in [0.717, 1.165) is 13.1 Å². The maximum Gasteiger partial charge on any atom is 0.160 e. The van der Waals surface area contributed by atoms with Gasteiger partial charge in [0, 0.05) is 13.1 Å². The van der Waals surface area contributed by atoms with Gasteiger partial charge in [-0.15, -0.1) is 0 Å². The van der Waals surface area contributed by atoms with Crippen LogP contribution in [0.5, 0.6) is 0 Å². The minimum absolute atomic E-state index is 0.480. The number of aliphatic hydroxyl groups is 1.